The predicted molar refractivity (Wildman–Crippen MR) is 102 cm³/mol. The minimum absolute atomic E-state index is 0.0167. The van der Waals surface area contributed by atoms with Crippen LogP contribution in [0.1, 0.15) is 45.1 Å². The summed E-state index contributed by atoms with van der Waals surface area (Å²) in [6.07, 6.45) is 6.06. The van der Waals surface area contributed by atoms with Gasteiger partial charge in [-0.25, -0.2) is 4.98 Å². The van der Waals surface area contributed by atoms with Crippen molar-refractivity contribution in [1.29, 1.82) is 0 Å². The van der Waals surface area contributed by atoms with E-state index in [0.717, 1.165) is 43.9 Å². The minimum atomic E-state index is -0.108. The third-order valence-electron chi connectivity index (χ3n) is 5.30. The van der Waals surface area contributed by atoms with Crippen LogP contribution in [-0.2, 0) is 16.1 Å². The van der Waals surface area contributed by atoms with Gasteiger partial charge in [-0.05, 0) is 37.3 Å². The summed E-state index contributed by atoms with van der Waals surface area (Å²) in [6, 6.07) is 4.08. The van der Waals surface area contributed by atoms with Gasteiger partial charge in [0.1, 0.15) is 5.82 Å². The van der Waals surface area contributed by atoms with Crippen molar-refractivity contribution in [2.75, 3.05) is 31.1 Å². The van der Waals surface area contributed by atoms with Crippen LogP contribution in [0.5, 0.6) is 0 Å². The van der Waals surface area contributed by atoms with Gasteiger partial charge in [0.15, 0.2) is 0 Å². The van der Waals surface area contributed by atoms with Crippen molar-refractivity contribution in [1.82, 2.24) is 15.2 Å². The van der Waals surface area contributed by atoms with Crippen LogP contribution in [0, 0.1) is 11.8 Å². The van der Waals surface area contributed by atoms with E-state index in [4.69, 9.17) is 0 Å². The number of carbonyl (C=O) groups excluding carboxylic acids is 2. The summed E-state index contributed by atoms with van der Waals surface area (Å²) in [4.78, 5) is 33.3. The van der Waals surface area contributed by atoms with Gasteiger partial charge < -0.3 is 15.1 Å². The molecule has 2 saturated heterocycles. The number of nitrogens with zero attached hydrogens (tertiary/aromatic N) is 3. The number of anilines is 1. The van der Waals surface area contributed by atoms with Crippen LogP contribution < -0.4 is 10.2 Å². The molecule has 0 saturated carbocycles. The Morgan fingerprint density at radius 3 is 2.62 bits per heavy atom. The lowest BCUT2D eigenvalue weighted by molar-refractivity contribution is -0.138. The van der Waals surface area contributed by atoms with E-state index in [1.165, 1.54) is 12.8 Å². The second-order valence-electron chi connectivity index (χ2n) is 7.71. The summed E-state index contributed by atoms with van der Waals surface area (Å²) < 4.78 is 0. The molecule has 6 heteroatoms. The Kier molecular flexibility index (Phi) is 6.12. The molecule has 1 N–H and O–H groups in total. The molecule has 0 aromatic carbocycles. The lowest BCUT2D eigenvalue weighted by Gasteiger charge is -2.33. The van der Waals surface area contributed by atoms with E-state index in [-0.39, 0.29) is 23.7 Å². The Bertz CT molecular complexity index is 623. The number of piperidine rings is 1. The average molecular weight is 358 g/mol. The predicted octanol–water partition coefficient (Wildman–Crippen LogP) is 2.19. The number of hydrogen-bond acceptors (Lipinski definition) is 4. The highest BCUT2D eigenvalue weighted by Gasteiger charge is 2.29. The van der Waals surface area contributed by atoms with E-state index in [0.29, 0.717) is 13.1 Å². The normalized spacial score (nSPS) is 20.5. The molecule has 2 aliphatic heterocycles. The summed E-state index contributed by atoms with van der Waals surface area (Å²) in [5, 5.41) is 3.02. The van der Waals surface area contributed by atoms with Gasteiger partial charge in [0.2, 0.25) is 11.8 Å². The number of rotatable bonds is 5. The lowest BCUT2D eigenvalue weighted by atomic mass is 9.96. The van der Waals surface area contributed by atoms with Gasteiger partial charge in [-0.3, -0.25) is 9.59 Å². The average Bonchev–Trinajstić information content (AvgIpc) is 3.20. The van der Waals surface area contributed by atoms with E-state index in [1.54, 1.807) is 0 Å². The van der Waals surface area contributed by atoms with Crippen molar-refractivity contribution in [3.8, 4) is 0 Å². The maximum Gasteiger partial charge on any atom is 0.225 e. The van der Waals surface area contributed by atoms with Crippen molar-refractivity contribution >= 4 is 17.6 Å². The third-order valence-corrected chi connectivity index (χ3v) is 5.30. The van der Waals surface area contributed by atoms with Crippen molar-refractivity contribution in [2.24, 2.45) is 11.8 Å². The number of carbonyl (C=O) groups is 2. The first-order valence-electron chi connectivity index (χ1n) is 9.81. The molecule has 0 aliphatic carbocycles. The Morgan fingerprint density at radius 1 is 1.19 bits per heavy atom. The Morgan fingerprint density at radius 2 is 1.96 bits per heavy atom. The van der Waals surface area contributed by atoms with Gasteiger partial charge >= 0.3 is 0 Å². The van der Waals surface area contributed by atoms with Crippen LogP contribution in [0.3, 0.4) is 0 Å². The molecule has 0 bridgehead atoms. The lowest BCUT2D eigenvalue weighted by Crippen LogP contribution is -2.46. The minimum Gasteiger partial charge on any atom is -0.357 e. The highest BCUT2D eigenvalue weighted by atomic mass is 16.2. The quantitative estimate of drug-likeness (QED) is 0.876. The van der Waals surface area contributed by atoms with Crippen molar-refractivity contribution in [2.45, 2.75) is 46.1 Å². The number of pyridine rings is 1. The zero-order valence-electron chi connectivity index (χ0n) is 15.9. The largest absolute Gasteiger partial charge is 0.357 e. The van der Waals surface area contributed by atoms with Crippen LogP contribution in [0.2, 0.25) is 0 Å². The van der Waals surface area contributed by atoms with Gasteiger partial charge in [-0.1, -0.05) is 19.9 Å². The molecule has 1 aromatic rings. The van der Waals surface area contributed by atoms with E-state index >= 15 is 0 Å². The highest BCUT2D eigenvalue weighted by molar-refractivity contribution is 5.82. The van der Waals surface area contributed by atoms with E-state index in [2.05, 4.69) is 15.2 Å². The van der Waals surface area contributed by atoms with Gasteiger partial charge in [-0.2, -0.15) is 0 Å². The second-order valence-corrected chi connectivity index (χ2v) is 7.71. The summed E-state index contributed by atoms with van der Waals surface area (Å²) in [5.41, 5.74) is 1.01. The number of likely N-dealkylation sites (tertiary alicyclic amines) is 1. The van der Waals surface area contributed by atoms with Gasteiger partial charge in [0, 0.05) is 44.8 Å². The summed E-state index contributed by atoms with van der Waals surface area (Å²) in [6.45, 7) is 7.76. The third kappa shape index (κ3) is 4.54. The molecule has 6 nitrogen and oxygen atoms in total. The molecule has 2 aliphatic rings. The maximum absolute atomic E-state index is 12.5. The summed E-state index contributed by atoms with van der Waals surface area (Å²) in [5.74, 6) is 1.08. The van der Waals surface area contributed by atoms with Crippen LogP contribution in [0.15, 0.2) is 18.3 Å². The van der Waals surface area contributed by atoms with Crippen molar-refractivity contribution < 1.29 is 9.59 Å². The number of aromatic nitrogens is 1. The summed E-state index contributed by atoms with van der Waals surface area (Å²) >= 11 is 0. The van der Waals surface area contributed by atoms with Gasteiger partial charge in [0.25, 0.3) is 0 Å². The first-order chi connectivity index (χ1) is 12.5. The second kappa shape index (κ2) is 8.52. The molecule has 3 heterocycles. The van der Waals surface area contributed by atoms with Crippen LogP contribution in [0.25, 0.3) is 0 Å². The van der Waals surface area contributed by atoms with Crippen molar-refractivity contribution in [3.05, 3.63) is 23.9 Å². The van der Waals surface area contributed by atoms with Crippen LogP contribution in [0.4, 0.5) is 5.82 Å². The molecule has 2 amide bonds. The topological polar surface area (TPSA) is 65.5 Å². The Hall–Kier alpha value is -2.11. The fourth-order valence-electron chi connectivity index (χ4n) is 3.74. The molecule has 2 fully saturated rings. The number of hydrogen-bond donors (Lipinski definition) is 1. The van der Waals surface area contributed by atoms with Crippen molar-refractivity contribution in [3.63, 3.8) is 0 Å². The number of amides is 2. The fourth-order valence-corrected chi connectivity index (χ4v) is 3.74. The first-order valence-corrected chi connectivity index (χ1v) is 9.81. The smallest absolute Gasteiger partial charge is 0.225 e. The highest BCUT2D eigenvalue weighted by Crippen LogP contribution is 2.20. The van der Waals surface area contributed by atoms with Crippen LogP contribution in [-0.4, -0.2) is 47.9 Å². The Labute approximate surface area is 156 Å². The molecule has 142 valence electrons. The fraction of sp³-hybridized carbons (Fsp3) is 0.650. The zero-order valence-corrected chi connectivity index (χ0v) is 15.9. The number of nitrogens with one attached hydrogen (secondary N) is 1. The summed E-state index contributed by atoms with van der Waals surface area (Å²) in [7, 11) is 0. The maximum atomic E-state index is 12.5. The Balaban J connectivity index is 1.49. The molecular weight excluding hydrogens is 328 g/mol. The molecule has 1 atom stereocenters. The SMILES string of the molecule is CC(C)C(=O)N1CCCC(C(=O)NCc2ccc(N3CCCC3)nc2)C1. The van der Waals surface area contributed by atoms with Gasteiger partial charge in [0.05, 0.1) is 5.92 Å². The standard InChI is InChI=1S/C20H30N4O2/c1-15(2)20(26)24-11-5-6-17(14-24)19(25)22-13-16-7-8-18(21-12-16)23-9-3-4-10-23/h7-8,12,15,17H,3-6,9-11,13-14H2,1-2H3,(H,22,25). The van der Waals surface area contributed by atoms with Crippen LogP contribution >= 0.6 is 0 Å². The van der Waals surface area contributed by atoms with E-state index in [9.17, 15) is 9.59 Å². The monoisotopic (exact) mass is 358 g/mol. The first kappa shape index (κ1) is 18.7. The molecule has 3 rings (SSSR count). The molecule has 26 heavy (non-hydrogen) atoms. The molecule has 1 unspecified atom stereocenters. The van der Waals surface area contributed by atoms with E-state index in [1.807, 2.05) is 37.1 Å². The molecule has 0 spiro atoms. The molecule has 1 aromatic heterocycles. The van der Waals surface area contributed by atoms with E-state index < -0.39 is 0 Å². The zero-order chi connectivity index (χ0) is 18.5. The van der Waals surface area contributed by atoms with Gasteiger partial charge in [-0.15, -0.1) is 0 Å². The molecular formula is C20H30N4O2. The molecule has 0 radical (unpaired) electrons.